The smallest absolute Gasteiger partial charge is 0.347 e. The molecule has 0 unspecified atom stereocenters. The summed E-state index contributed by atoms with van der Waals surface area (Å²) in [5, 5.41) is 5.35. The zero-order valence-corrected chi connectivity index (χ0v) is 18.9. The molecule has 1 aromatic rings. The minimum Gasteiger partial charge on any atom is -0.490 e. The van der Waals surface area contributed by atoms with Crippen molar-refractivity contribution in [1.82, 2.24) is 5.01 Å². The van der Waals surface area contributed by atoms with E-state index in [-0.39, 0.29) is 52.9 Å². The Kier molecular flexibility index (Phi) is 6.24. The number of halogens is 1. The van der Waals surface area contributed by atoms with Crippen LogP contribution in [0.3, 0.4) is 0 Å². The molecule has 170 valence electrons. The minimum atomic E-state index is -0.880. The van der Waals surface area contributed by atoms with Crippen LogP contribution in [-0.2, 0) is 19.1 Å². The van der Waals surface area contributed by atoms with Crippen molar-refractivity contribution in [2.24, 2.45) is 28.8 Å². The largest absolute Gasteiger partial charge is 0.490 e. The summed E-state index contributed by atoms with van der Waals surface area (Å²) in [5.41, 5.74) is 0.522. The zero-order valence-electron chi connectivity index (χ0n) is 18.1. The first-order valence-corrected chi connectivity index (χ1v) is 11.1. The van der Waals surface area contributed by atoms with Gasteiger partial charge in [0.2, 0.25) is 0 Å². The van der Waals surface area contributed by atoms with Crippen molar-refractivity contribution in [3.63, 3.8) is 0 Å². The Bertz CT molecular complexity index is 976. The van der Waals surface area contributed by atoms with Gasteiger partial charge in [-0.05, 0) is 56.7 Å². The van der Waals surface area contributed by atoms with Crippen molar-refractivity contribution in [2.75, 3.05) is 13.2 Å². The molecule has 4 rings (SSSR count). The molecule has 1 saturated heterocycles. The second-order valence-electron chi connectivity index (χ2n) is 8.01. The SMILES string of the molecule is CCOC(=O)[C@H](C)Oc1c(Cl)cc(C=NN2C(=O)[C@@H]3[C@H](C2=O)[C@H]2C=C[C@H]3C2)cc1OCC. The van der Waals surface area contributed by atoms with Gasteiger partial charge in [-0.1, -0.05) is 23.8 Å². The molecule has 1 saturated carbocycles. The Morgan fingerprint density at radius 1 is 1.19 bits per heavy atom. The van der Waals surface area contributed by atoms with Crippen molar-refractivity contribution >= 4 is 35.6 Å². The van der Waals surface area contributed by atoms with Crippen LogP contribution < -0.4 is 9.47 Å². The van der Waals surface area contributed by atoms with E-state index in [0.717, 1.165) is 11.4 Å². The van der Waals surface area contributed by atoms with Crippen LogP contribution in [-0.4, -0.2) is 48.3 Å². The van der Waals surface area contributed by atoms with Crippen molar-refractivity contribution in [3.05, 3.63) is 34.9 Å². The molecule has 0 N–H and O–H groups in total. The first kappa shape index (κ1) is 22.3. The van der Waals surface area contributed by atoms with Gasteiger partial charge in [0.05, 0.1) is 36.3 Å². The van der Waals surface area contributed by atoms with E-state index in [2.05, 4.69) is 5.10 Å². The molecule has 0 aromatic heterocycles. The average Bonchev–Trinajstić information content (AvgIpc) is 3.43. The number of fused-ring (bicyclic) bond motifs is 5. The van der Waals surface area contributed by atoms with Crippen LogP contribution in [0.15, 0.2) is 29.4 Å². The molecule has 5 atom stereocenters. The molecule has 0 radical (unpaired) electrons. The van der Waals surface area contributed by atoms with Crippen LogP contribution in [0.5, 0.6) is 11.5 Å². The number of nitrogens with zero attached hydrogens (tertiary/aromatic N) is 2. The van der Waals surface area contributed by atoms with Gasteiger partial charge < -0.3 is 14.2 Å². The molecule has 3 aliphatic rings. The van der Waals surface area contributed by atoms with Crippen LogP contribution in [0.25, 0.3) is 0 Å². The van der Waals surface area contributed by atoms with E-state index in [1.807, 2.05) is 12.2 Å². The zero-order chi connectivity index (χ0) is 23.0. The van der Waals surface area contributed by atoms with Gasteiger partial charge in [0.25, 0.3) is 11.8 Å². The quantitative estimate of drug-likeness (QED) is 0.256. The number of carbonyl (C=O) groups excluding carboxylic acids is 3. The molecule has 32 heavy (non-hydrogen) atoms. The number of carbonyl (C=O) groups is 3. The molecule has 2 amide bonds. The number of imide groups is 1. The molecule has 2 bridgehead atoms. The molecular formula is C23H25ClN2O6. The van der Waals surface area contributed by atoms with Gasteiger partial charge in [0.1, 0.15) is 0 Å². The second kappa shape index (κ2) is 8.94. The van der Waals surface area contributed by atoms with Crippen LogP contribution in [0.4, 0.5) is 0 Å². The number of hydrazone groups is 1. The van der Waals surface area contributed by atoms with Gasteiger partial charge in [0.15, 0.2) is 17.6 Å². The highest BCUT2D eigenvalue weighted by molar-refractivity contribution is 6.32. The molecule has 1 aliphatic heterocycles. The molecular weight excluding hydrogens is 436 g/mol. The topological polar surface area (TPSA) is 94.5 Å². The third-order valence-corrected chi connectivity index (χ3v) is 6.29. The van der Waals surface area contributed by atoms with Gasteiger partial charge in [0, 0.05) is 0 Å². The normalized spacial score (nSPS) is 26.7. The fourth-order valence-electron chi connectivity index (χ4n) is 4.65. The predicted octanol–water partition coefficient (Wildman–Crippen LogP) is 3.21. The lowest BCUT2D eigenvalue weighted by Gasteiger charge is -2.18. The van der Waals surface area contributed by atoms with E-state index in [0.29, 0.717) is 17.9 Å². The Morgan fingerprint density at radius 3 is 2.44 bits per heavy atom. The summed E-state index contributed by atoms with van der Waals surface area (Å²) in [6, 6.07) is 3.20. The van der Waals surface area contributed by atoms with Crippen molar-refractivity contribution in [2.45, 2.75) is 33.3 Å². The lowest BCUT2D eigenvalue weighted by molar-refractivity contribution is -0.150. The molecule has 9 heteroatoms. The fraction of sp³-hybridized carbons (Fsp3) is 0.478. The first-order chi connectivity index (χ1) is 15.3. The molecule has 1 aromatic carbocycles. The lowest BCUT2D eigenvalue weighted by atomic mass is 9.85. The van der Waals surface area contributed by atoms with Crippen LogP contribution in [0.1, 0.15) is 32.8 Å². The number of hydrogen-bond acceptors (Lipinski definition) is 7. The van der Waals surface area contributed by atoms with Crippen molar-refractivity contribution < 1.29 is 28.6 Å². The van der Waals surface area contributed by atoms with E-state index in [1.165, 1.54) is 6.21 Å². The van der Waals surface area contributed by atoms with Gasteiger partial charge in [-0.15, -0.1) is 0 Å². The number of ether oxygens (including phenoxy) is 3. The number of rotatable bonds is 8. The maximum absolute atomic E-state index is 12.8. The number of allylic oxidation sites excluding steroid dienone is 2. The predicted molar refractivity (Wildman–Crippen MR) is 117 cm³/mol. The third-order valence-electron chi connectivity index (χ3n) is 6.01. The summed E-state index contributed by atoms with van der Waals surface area (Å²) in [7, 11) is 0. The van der Waals surface area contributed by atoms with Gasteiger partial charge in [-0.3, -0.25) is 9.59 Å². The first-order valence-electron chi connectivity index (χ1n) is 10.7. The Hall–Kier alpha value is -2.87. The number of benzene rings is 1. The monoisotopic (exact) mass is 460 g/mol. The number of esters is 1. The highest BCUT2D eigenvalue weighted by atomic mass is 35.5. The Labute approximate surface area is 191 Å². The van der Waals surface area contributed by atoms with Crippen molar-refractivity contribution in [1.29, 1.82) is 0 Å². The van der Waals surface area contributed by atoms with Gasteiger partial charge in [-0.2, -0.15) is 10.1 Å². The lowest BCUT2D eigenvalue weighted by Crippen LogP contribution is -2.28. The maximum Gasteiger partial charge on any atom is 0.347 e. The highest BCUT2D eigenvalue weighted by Gasteiger charge is 2.59. The number of hydrogen-bond donors (Lipinski definition) is 0. The Balaban J connectivity index is 1.54. The molecule has 8 nitrogen and oxygen atoms in total. The van der Waals surface area contributed by atoms with E-state index in [1.54, 1.807) is 32.9 Å². The van der Waals surface area contributed by atoms with Crippen molar-refractivity contribution in [3.8, 4) is 11.5 Å². The van der Waals surface area contributed by atoms with E-state index >= 15 is 0 Å². The summed E-state index contributed by atoms with van der Waals surface area (Å²) < 4.78 is 16.3. The van der Waals surface area contributed by atoms with Crippen LogP contribution in [0.2, 0.25) is 5.02 Å². The van der Waals surface area contributed by atoms with Gasteiger partial charge in [-0.25, -0.2) is 4.79 Å². The van der Waals surface area contributed by atoms with Crippen LogP contribution >= 0.6 is 11.6 Å². The molecule has 2 fully saturated rings. The summed E-state index contributed by atoms with van der Waals surface area (Å²) in [6.07, 6.45) is 5.46. The highest BCUT2D eigenvalue weighted by Crippen LogP contribution is 2.52. The maximum atomic E-state index is 12.8. The Morgan fingerprint density at radius 2 is 1.84 bits per heavy atom. The summed E-state index contributed by atoms with van der Waals surface area (Å²) in [4.78, 5) is 37.5. The summed E-state index contributed by atoms with van der Waals surface area (Å²) in [5.74, 6) is -0.879. The van der Waals surface area contributed by atoms with E-state index < -0.39 is 12.1 Å². The molecule has 2 aliphatic carbocycles. The fourth-order valence-corrected chi connectivity index (χ4v) is 4.91. The van der Waals surface area contributed by atoms with Gasteiger partial charge >= 0.3 is 5.97 Å². The summed E-state index contributed by atoms with van der Waals surface area (Å²) >= 11 is 6.40. The molecule has 0 spiro atoms. The standard InChI is InChI=1S/C23H25ClN2O6/c1-4-30-17-9-13(8-16(24)20(17)32-12(3)23(29)31-5-2)11-25-26-21(27)18-14-6-7-15(10-14)19(18)22(26)28/h6-9,11-12,14-15,18-19H,4-5,10H2,1-3H3/t12-,14-,15-,18-,19+/m0/s1. The van der Waals surface area contributed by atoms with E-state index in [9.17, 15) is 14.4 Å². The number of amides is 2. The average molecular weight is 461 g/mol. The minimum absolute atomic E-state index is 0.124. The molecule has 1 heterocycles. The van der Waals surface area contributed by atoms with E-state index in [4.69, 9.17) is 25.8 Å². The second-order valence-corrected chi connectivity index (χ2v) is 8.42. The summed E-state index contributed by atoms with van der Waals surface area (Å²) in [6.45, 7) is 5.64. The van der Waals surface area contributed by atoms with Crippen LogP contribution in [0, 0.1) is 23.7 Å². The third kappa shape index (κ3) is 3.88.